The van der Waals surface area contributed by atoms with Crippen molar-refractivity contribution in [3.8, 4) is 5.75 Å². The zero-order chi connectivity index (χ0) is 18.6. The molecule has 0 bridgehead atoms. The molecule has 2 aromatic rings. The molecule has 0 saturated carbocycles. The van der Waals surface area contributed by atoms with Gasteiger partial charge in [-0.2, -0.15) is 0 Å². The van der Waals surface area contributed by atoms with Crippen molar-refractivity contribution in [3.63, 3.8) is 0 Å². The minimum Gasteiger partial charge on any atom is -0.491 e. The molecule has 0 radical (unpaired) electrons. The van der Waals surface area contributed by atoms with Crippen molar-refractivity contribution in [1.82, 2.24) is 4.90 Å². The quantitative estimate of drug-likeness (QED) is 0.755. The fourth-order valence-corrected chi connectivity index (χ4v) is 4.37. The minimum absolute atomic E-state index is 0.0427. The molecule has 1 saturated heterocycles. The molecule has 2 unspecified atom stereocenters. The molecule has 0 amide bonds. The second-order valence-electron chi connectivity index (χ2n) is 7.42. The van der Waals surface area contributed by atoms with E-state index in [0.29, 0.717) is 19.8 Å². The van der Waals surface area contributed by atoms with Crippen molar-refractivity contribution < 1.29 is 14.6 Å². The lowest BCUT2D eigenvalue weighted by atomic mass is 10.1. The number of β-amino-alcohol motifs (C(OH)–C–C–N with tert-alkyl or cyclic N) is 1. The molecule has 4 rings (SSSR count). The summed E-state index contributed by atoms with van der Waals surface area (Å²) in [5.41, 5.74) is 4.00. The first-order valence-electron chi connectivity index (χ1n) is 9.69. The molecule has 4 nitrogen and oxygen atoms in total. The molecule has 2 atom stereocenters. The first-order chi connectivity index (χ1) is 13.2. The number of aryl methyl sites for hydroxylation is 2. The zero-order valence-corrected chi connectivity index (χ0v) is 17.0. The predicted molar refractivity (Wildman–Crippen MR) is 109 cm³/mol. The van der Waals surface area contributed by atoms with Crippen LogP contribution in [0.1, 0.15) is 29.2 Å². The highest BCUT2D eigenvalue weighted by Gasteiger charge is 2.24. The fourth-order valence-electron chi connectivity index (χ4n) is 3.96. The van der Waals surface area contributed by atoms with E-state index in [0.717, 1.165) is 35.3 Å². The van der Waals surface area contributed by atoms with Crippen LogP contribution in [0.15, 0.2) is 46.9 Å². The van der Waals surface area contributed by atoms with Gasteiger partial charge in [-0.3, -0.25) is 4.90 Å². The molecule has 0 spiro atoms. The minimum atomic E-state index is -0.514. The standard InChI is InChI=1S/C22H26BrNO3/c23-19-6-2-5-18(11-19)22-14-24(9-10-26-22)13-20(25)15-27-21-8-7-16-3-1-4-17(16)12-21/h2,5-8,11-12,20,22,25H,1,3-4,9-10,13-15H2. The summed E-state index contributed by atoms with van der Waals surface area (Å²) in [5, 5.41) is 10.4. The van der Waals surface area contributed by atoms with Crippen molar-refractivity contribution in [1.29, 1.82) is 0 Å². The number of hydrogen-bond acceptors (Lipinski definition) is 4. The smallest absolute Gasteiger partial charge is 0.119 e. The number of aliphatic hydroxyl groups excluding tert-OH is 1. The van der Waals surface area contributed by atoms with Gasteiger partial charge in [0, 0.05) is 24.1 Å². The molecule has 1 fully saturated rings. The van der Waals surface area contributed by atoms with Crippen molar-refractivity contribution in [2.45, 2.75) is 31.5 Å². The van der Waals surface area contributed by atoms with E-state index in [4.69, 9.17) is 9.47 Å². The number of fused-ring (bicyclic) bond motifs is 1. The maximum atomic E-state index is 10.4. The average molecular weight is 432 g/mol. The first-order valence-corrected chi connectivity index (χ1v) is 10.5. The Hall–Kier alpha value is -1.40. The molecule has 27 heavy (non-hydrogen) atoms. The van der Waals surface area contributed by atoms with E-state index < -0.39 is 6.10 Å². The topological polar surface area (TPSA) is 41.9 Å². The Morgan fingerprint density at radius 1 is 1.19 bits per heavy atom. The number of hydrogen-bond donors (Lipinski definition) is 1. The van der Waals surface area contributed by atoms with E-state index in [2.05, 4.69) is 45.1 Å². The first kappa shape index (κ1) is 18.9. The third-order valence-corrected chi connectivity index (χ3v) is 5.85. The summed E-state index contributed by atoms with van der Waals surface area (Å²) in [5.74, 6) is 0.865. The molecule has 2 aromatic carbocycles. The van der Waals surface area contributed by atoms with Crippen LogP contribution in [0.4, 0.5) is 0 Å². The number of halogens is 1. The van der Waals surface area contributed by atoms with E-state index in [1.165, 1.54) is 24.0 Å². The Morgan fingerprint density at radius 3 is 2.96 bits per heavy atom. The van der Waals surface area contributed by atoms with Crippen LogP contribution in [0, 0.1) is 0 Å². The molecular weight excluding hydrogens is 406 g/mol. The van der Waals surface area contributed by atoms with Crippen molar-refractivity contribution >= 4 is 15.9 Å². The number of ether oxygens (including phenoxy) is 2. The maximum absolute atomic E-state index is 10.4. The van der Waals surface area contributed by atoms with Crippen LogP contribution in [0.5, 0.6) is 5.75 Å². The van der Waals surface area contributed by atoms with Crippen LogP contribution < -0.4 is 4.74 Å². The highest BCUT2D eigenvalue weighted by atomic mass is 79.9. The summed E-state index contributed by atoms with van der Waals surface area (Å²) in [7, 11) is 0. The highest BCUT2D eigenvalue weighted by molar-refractivity contribution is 9.10. The number of nitrogens with zero attached hydrogens (tertiary/aromatic N) is 1. The molecule has 1 aliphatic carbocycles. The Labute approximate surface area is 169 Å². The average Bonchev–Trinajstić information content (AvgIpc) is 3.14. The van der Waals surface area contributed by atoms with Gasteiger partial charge in [-0.1, -0.05) is 34.1 Å². The zero-order valence-electron chi connectivity index (χ0n) is 15.4. The Bertz CT molecular complexity index is 782. The fraction of sp³-hybridized carbons (Fsp3) is 0.455. The van der Waals surface area contributed by atoms with Gasteiger partial charge >= 0.3 is 0 Å². The summed E-state index contributed by atoms with van der Waals surface area (Å²) in [6.07, 6.45) is 3.08. The van der Waals surface area contributed by atoms with E-state index in [1.807, 2.05) is 18.2 Å². The maximum Gasteiger partial charge on any atom is 0.119 e. The van der Waals surface area contributed by atoms with Gasteiger partial charge in [0.25, 0.3) is 0 Å². The molecule has 1 heterocycles. The van der Waals surface area contributed by atoms with E-state index in [-0.39, 0.29) is 6.10 Å². The largest absolute Gasteiger partial charge is 0.491 e. The second-order valence-corrected chi connectivity index (χ2v) is 8.34. The molecule has 0 aromatic heterocycles. The molecule has 5 heteroatoms. The van der Waals surface area contributed by atoms with Gasteiger partial charge in [0.15, 0.2) is 0 Å². The number of morpholine rings is 1. The number of aliphatic hydroxyl groups is 1. The third kappa shape index (κ3) is 4.91. The van der Waals surface area contributed by atoms with Crippen LogP contribution in [-0.4, -0.2) is 49.0 Å². The Morgan fingerprint density at radius 2 is 2.07 bits per heavy atom. The Kier molecular flexibility index (Phi) is 6.13. The highest BCUT2D eigenvalue weighted by Crippen LogP contribution is 2.27. The number of benzene rings is 2. The molecule has 144 valence electrons. The van der Waals surface area contributed by atoms with Crippen molar-refractivity contribution in [2.24, 2.45) is 0 Å². The summed E-state index contributed by atoms with van der Waals surface area (Å²) >= 11 is 3.52. The van der Waals surface area contributed by atoms with Gasteiger partial charge < -0.3 is 14.6 Å². The monoisotopic (exact) mass is 431 g/mol. The summed E-state index contributed by atoms with van der Waals surface area (Å²) in [6.45, 7) is 3.21. The predicted octanol–water partition coefficient (Wildman–Crippen LogP) is 3.75. The third-order valence-electron chi connectivity index (χ3n) is 5.35. The van der Waals surface area contributed by atoms with Crippen LogP contribution in [0.2, 0.25) is 0 Å². The van der Waals surface area contributed by atoms with E-state index in [1.54, 1.807) is 0 Å². The summed E-state index contributed by atoms with van der Waals surface area (Å²) in [6, 6.07) is 14.6. The van der Waals surface area contributed by atoms with Gasteiger partial charge in [0.05, 0.1) is 12.7 Å². The van der Waals surface area contributed by atoms with Gasteiger partial charge in [0.1, 0.15) is 18.5 Å². The van der Waals surface area contributed by atoms with Crippen molar-refractivity contribution in [3.05, 3.63) is 63.6 Å². The molecule has 1 aliphatic heterocycles. The lowest BCUT2D eigenvalue weighted by Gasteiger charge is -2.34. The number of rotatable bonds is 6. The van der Waals surface area contributed by atoms with Gasteiger partial charge in [-0.15, -0.1) is 0 Å². The van der Waals surface area contributed by atoms with Gasteiger partial charge in [-0.25, -0.2) is 0 Å². The molecular formula is C22H26BrNO3. The Balaban J connectivity index is 1.28. The van der Waals surface area contributed by atoms with Crippen molar-refractivity contribution in [2.75, 3.05) is 32.8 Å². The van der Waals surface area contributed by atoms with Crippen LogP contribution >= 0.6 is 15.9 Å². The lowest BCUT2D eigenvalue weighted by Crippen LogP contribution is -2.43. The molecule has 1 N–H and O–H groups in total. The summed E-state index contributed by atoms with van der Waals surface area (Å²) in [4.78, 5) is 2.26. The van der Waals surface area contributed by atoms with Crippen LogP contribution in [-0.2, 0) is 17.6 Å². The SMILES string of the molecule is OC(COc1ccc2c(c1)CCC2)CN1CCOC(c2cccc(Br)c2)C1. The normalized spacial score (nSPS) is 21.0. The van der Waals surface area contributed by atoms with E-state index >= 15 is 0 Å². The van der Waals surface area contributed by atoms with E-state index in [9.17, 15) is 5.11 Å². The van der Waals surface area contributed by atoms with Gasteiger partial charge in [0.2, 0.25) is 0 Å². The second kappa shape index (κ2) is 8.74. The lowest BCUT2D eigenvalue weighted by molar-refractivity contribution is -0.0459. The van der Waals surface area contributed by atoms with Crippen LogP contribution in [0.3, 0.4) is 0 Å². The summed E-state index contributed by atoms with van der Waals surface area (Å²) < 4.78 is 12.8. The van der Waals surface area contributed by atoms with Gasteiger partial charge in [-0.05, 0) is 60.2 Å². The molecule has 2 aliphatic rings. The van der Waals surface area contributed by atoms with Crippen LogP contribution in [0.25, 0.3) is 0 Å².